The minimum absolute atomic E-state index is 0.0562. The molecular formula is C14H16F2O3. The summed E-state index contributed by atoms with van der Waals surface area (Å²) in [4.78, 5) is 11.4. The summed E-state index contributed by atoms with van der Waals surface area (Å²) in [7, 11) is 1.53. The van der Waals surface area contributed by atoms with Crippen LogP contribution in [0.1, 0.15) is 13.3 Å². The van der Waals surface area contributed by atoms with Crippen molar-refractivity contribution in [2.24, 2.45) is 11.8 Å². The van der Waals surface area contributed by atoms with Gasteiger partial charge in [0.25, 0.3) is 0 Å². The second-order valence-electron chi connectivity index (χ2n) is 4.51. The van der Waals surface area contributed by atoms with Gasteiger partial charge in [0.2, 0.25) is 0 Å². The average molecular weight is 270 g/mol. The topological polar surface area (TPSA) is 35.5 Å². The number of hydrogen-bond donors (Lipinski definition) is 0. The highest BCUT2D eigenvalue weighted by molar-refractivity contribution is 5.82. The van der Waals surface area contributed by atoms with Gasteiger partial charge in [-0.1, -0.05) is 12.2 Å². The van der Waals surface area contributed by atoms with Crippen molar-refractivity contribution in [1.82, 2.24) is 0 Å². The maximum atomic E-state index is 14.0. The van der Waals surface area contributed by atoms with E-state index >= 15 is 0 Å². The van der Waals surface area contributed by atoms with Crippen molar-refractivity contribution in [2.45, 2.75) is 19.3 Å². The molecule has 0 radical (unpaired) electrons. The highest BCUT2D eigenvalue weighted by atomic mass is 19.3. The van der Waals surface area contributed by atoms with Crippen LogP contribution in [0.4, 0.5) is 8.78 Å². The number of ether oxygens (including phenoxy) is 2. The molecule has 19 heavy (non-hydrogen) atoms. The lowest BCUT2D eigenvalue weighted by molar-refractivity contribution is -0.166. The van der Waals surface area contributed by atoms with Crippen LogP contribution in [-0.2, 0) is 14.3 Å². The monoisotopic (exact) mass is 270 g/mol. The Bertz CT molecular complexity index is 463. The summed E-state index contributed by atoms with van der Waals surface area (Å²) in [5.41, 5.74) is -0.168. The minimum atomic E-state index is -3.56. The maximum Gasteiger partial charge on any atom is 0.381 e. The van der Waals surface area contributed by atoms with Gasteiger partial charge in [0, 0.05) is 11.5 Å². The van der Waals surface area contributed by atoms with Gasteiger partial charge in [-0.15, -0.1) is 0 Å². The summed E-state index contributed by atoms with van der Waals surface area (Å²) in [5.74, 6) is -4.90. The van der Waals surface area contributed by atoms with Crippen LogP contribution in [0.2, 0.25) is 0 Å². The van der Waals surface area contributed by atoms with Gasteiger partial charge in [-0.05, 0) is 31.4 Å². The Labute approximate surface area is 110 Å². The summed E-state index contributed by atoms with van der Waals surface area (Å²) in [5, 5.41) is 0. The van der Waals surface area contributed by atoms with Crippen molar-refractivity contribution in [3.05, 3.63) is 35.6 Å². The third-order valence-corrected chi connectivity index (χ3v) is 3.41. The molecule has 5 heteroatoms. The number of hydrogen-bond acceptors (Lipinski definition) is 3. The molecule has 0 saturated carbocycles. The molecule has 2 rings (SSSR count). The molecule has 104 valence electrons. The first-order valence-electron chi connectivity index (χ1n) is 6.20. The van der Waals surface area contributed by atoms with E-state index in [1.54, 1.807) is 12.2 Å². The number of carbonyl (C=O) groups is 1. The molecule has 0 aromatic carbocycles. The number of alkyl halides is 2. The molecule has 0 aromatic rings. The molecule has 0 saturated heterocycles. The molecular weight excluding hydrogens is 254 g/mol. The fourth-order valence-corrected chi connectivity index (χ4v) is 2.47. The third kappa shape index (κ3) is 2.41. The van der Waals surface area contributed by atoms with E-state index in [9.17, 15) is 13.6 Å². The zero-order valence-electron chi connectivity index (χ0n) is 10.9. The fraction of sp³-hybridized carbons (Fsp3) is 0.500. The molecule has 3 nitrogen and oxygen atoms in total. The Morgan fingerprint density at radius 2 is 2.26 bits per heavy atom. The van der Waals surface area contributed by atoms with Crippen LogP contribution in [0.3, 0.4) is 0 Å². The van der Waals surface area contributed by atoms with Crippen LogP contribution in [0, 0.1) is 11.8 Å². The Morgan fingerprint density at radius 3 is 2.89 bits per heavy atom. The first-order valence-corrected chi connectivity index (χ1v) is 6.20. The van der Waals surface area contributed by atoms with Gasteiger partial charge in [0.05, 0.1) is 13.7 Å². The average Bonchev–Trinajstić information content (AvgIpc) is 2.82. The number of allylic oxidation sites excluding steroid dienone is 4. The van der Waals surface area contributed by atoms with Gasteiger partial charge in [-0.3, -0.25) is 0 Å². The van der Waals surface area contributed by atoms with Crippen molar-refractivity contribution in [2.75, 3.05) is 13.7 Å². The molecule has 2 aliphatic carbocycles. The summed E-state index contributed by atoms with van der Waals surface area (Å²) < 4.78 is 37.6. The van der Waals surface area contributed by atoms with Crippen molar-refractivity contribution < 1.29 is 23.0 Å². The summed E-state index contributed by atoms with van der Waals surface area (Å²) in [6.07, 6.45) is 7.05. The zero-order chi connectivity index (χ0) is 14.0. The van der Waals surface area contributed by atoms with Crippen LogP contribution in [0.5, 0.6) is 0 Å². The first kappa shape index (κ1) is 13.8. The smallest absolute Gasteiger partial charge is 0.381 e. The van der Waals surface area contributed by atoms with Crippen LogP contribution in [-0.4, -0.2) is 25.6 Å². The first-order chi connectivity index (χ1) is 9.00. The molecule has 0 heterocycles. The standard InChI is InChI=1S/C14H16F2O3/c1-3-19-13(17)14(15,16)12-7-4-9-8-10(18-2)5-6-11(9)12/h5-9,11H,3-4H2,1-2H3. The number of carbonyl (C=O) groups excluding carboxylic acids is 1. The number of rotatable bonds is 4. The molecule has 0 bridgehead atoms. The molecule has 0 fully saturated rings. The number of esters is 1. The summed E-state index contributed by atoms with van der Waals surface area (Å²) in [6, 6.07) is 0. The molecule has 0 aliphatic heterocycles. The second-order valence-corrected chi connectivity index (χ2v) is 4.51. The lowest BCUT2D eigenvalue weighted by atomic mass is 9.85. The van der Waals surface area contributed by atoms with Crippen molar-refractivity contribution >= 4 is 5.97 Å². The molecule has 0 amide bonds. The predicted octanol–water partition coefficient (Wildman–Crippen LogP) is 2.85. The molecule has 0 N–H and O–H groups in total. The quantitative estimate of drug-likeness (QED) is 0.582. The van der Waals surface area contributed by atoms with E-state index in [0.29, 0.717) is 12.2 Å². The number of methoxy groups -OCH3 is 1. The summed E-state index contributed by atoms with van der Waals surface area (Å²) >= 11 is 0. The lowest BCUT2D eigenvalue weighted by Crippen LogP contribution is -2.35. The van der Waals surface area contributed by atoms with Crippen molar-refractivity contribution in [1.29, 1.82) is 0 Å². The van der Waals surface area contributed by atoms with Gasteiger partial charge >= 0.3 is 11.9 Å². The van der Waals surface area contributed by atoms with E-state index in [0.717, 1.165) is 0 Å². The van der Waals surface area contributed by atoms with E-state index in [1.807, 2.05) is 6.08 Å². The molecule has 2 aliphatic rings. The maximum absolute atomic E-state index is 14.0. The minimum Gasteiger partial charge on any atom is -0.497 e. The van der Waals surface area contributed by atoms with Crippen molar-refractivity contribution in [3.8, 4) is 0 Å². The van der Waals surface area contributed by atoms with Gasteiger partial charge in [-0.2, -0.15) is 8.78 Å². The van der Waals surface area contributed by atoms with Gasteiger partial charge < -0.3 is 9.47 Å². The zero-order valence-corrected chi connectivity index (χ0v) is 10.9. The Balaban J connectivity index is 2.19. The van der Waals surface area contributed by atoms with Gasteiger partial charge in [-0.25, -0.2) is 4.79 Å². The molecule has 2 atom stereocenters. The Kier molecular flexibility index (Phi) is 3.73. The largest absolute Gasteiger partial charge is 0.497 e. The number of fused-ring (bicyclic) bond motifs is 1. The van der Waals surface area contributed by atoms with Crippen molar-refractivity contribution in [3.63, 3.8) is 0 Å². The van der Waals surface area contributed by atoms with Crippen LogP contribution in [0.15, 0.2) is 35.6 Å². The normalized spacial score (nSPS) is 25.5. The predicted molar refractivity (Wildman–Crippen MR) is 65.5 cm³/mol. The van der Waals surface area contributed by atoms with Gasteiger partial charge in [0.15, 0.2) is 0 Å². The van der Waals surface area contributed by atoms with E-state index in [2.05, 4.69) is 4.74 Å². The highest BCUT2D eigenvalue weighted by Crippen LogP contribution is 2.44. The van der Waals surface area contributed by atoms with Crippen LogP contribution in [0.25, 0.3) is 0 Å². The highest BCUT2D eigenvalue weighted by Gasteiger charge is 2.50. The fourth-order valence-electron chi connectivity index (χ4n) is 2.47. The molecule has 2 unspecified atom stereocenters. The van der Waals surface area contributed by atoms with E-state index in [-0.39, 0.29) is 18.1 Å². The lowest BCUT2D eigenvalue weighted by Gasteiger charge is -2.25. The van der Waals surface area contributed by atoms with E-state index in [1.165, 1.54) is 20.1 Å². The summed E-state index contributed by atoms with van der Waals surface area (Å²) in [6.45, 7) is 1.45. The Hall–Kier alpha value is -1.65. The van der Waals surface area contributed by atoms with Crippen LogP contribution >= 0.6 is 0 Å². The number of halogens is 2. The van der Waals surface area contributed by atoms with Crippen LogP contribution < -0.4 is 0 Å². The third-order valence-electron chi connectivity index (χ3n) is 3.41. The van der Waals surface area contributed by atoms with E-state index in [4.69, 9.17) is 4.74 Å². The second kappa shape index (κ2) is 5.15. The molecule has 0 aromatic heterocycles. The van der Waals surface area contributed by atoms with Gasteiger partial charge in [0.1, 0.15) is 5.76 Å². The molecule has 0 spiro atoms. The Morgan fingerprint density at radius 1 is 1.53 bits per heavy atom. The SMILES string of the molecule is CCOC(=O)C(F)(F)C1=CCC2C=C(OC)C=CC12. The van der Waals surface area contributed by atoms with E-state index < -0.39 is 17.8 Å².